The maximum Gasteiger partial charge on any atom is 0.331 e. The molecule has 0 saturated heterocycles. The number of ether oxygens (including phenoxy) is 3. The molecule has 0 N–H and O–H groups in total. The van der Waals surface area contributed by atoms with Gasteiger partial charge in [0.1, 0.15) is 0 Å². The smallest absolute Gasteiger partial charge is 0.331 e. The first-order chi connectivity index (χ1) is 13.0. The topological polar surface area (TPSA) is 61.8 Å². The quantitative estimate of drug-likeness (QED) is 0.357. The van der Waals surface area contributed by atoms with Crippen LogP contribution in [0.25, 0.3) is 6.08 Å². The molecular weight excluding hydrogens is 368 g/mol. The lowest BCUT2D eigenvalue weighted by Crippen LogP contribution is -2.12. The molecule has 0 aliphatic carbocycles. The molecule has 6 heteroatoms. The summed E-state index contributed by atoms with van der Waals surface area (Å²) in [5.41, 5.74) is 1.19. The van der Waals surface area contributed by atoms with Crippen LogP contribution < -0.4 is 9.47 Å². The fourth-order valence-corrected chi connectivity index (χ4v) is 2.37. The third-order valence-corrected chi connectivity index (χ3v) is 3.74. The summed E-state index contributed by atoms with van der Waals surface area (Å²) < 4.78 is 16.0. The van der Waals surface area contributed by atoms with E-state index >= 15 is 0 Å². The number of carbonyl (C=O) groups is 2. The van der Waals surface area contributed by atoms with Gasteiger partial charge in [0.05, 0.1) is 13.2 Å². The van der Waals surface area contributed by atoms with Gasteiger partial charge >= 0.3 is 5.97 Å². The maximum atomic E-state index is 12.0. The molecule has 2 aromatic rings. The van der Waals surface area contributed by atoms with Crippen LogP contribution in [0.5, 0.6) is 11.5 Å². The molecule has 0 atom stereocenters. The number of ketones is 1. The SMILES string of the molecule is CCOc1ccc(/C=C/C(=O)OCC(=O)c2ccc(Cl)cc2)cc1OCC. The summed E-state index contributed by atoms with van der Waals surface area (Å²) in [6.07, 6.45) is 2.86. The lowest BCUT2D eigenvalue weighted by Gasteiger charge is -2.11. The number of esters is 1. The number of benzene rings is 2. The molecular formula is C21H21ClO5. The van der Waals surface area contributed by atoms with Crippen LogP contribution >= 0.6 is 11.6 Å². The predicted molar refractivity (Wildman–Crippen MR) is 105 cm³/mol. The fraction of sp³-hybridized carbons (Fsp3) is 0.238. The molecule has 0 aliphatic heterocycles. The van der Waals surface area contributed by atoms with E-state index in [0.717, 1.165) is 5.56 Å². The van der Waals surface area contributed by atoms with Crippen molar-refractivity contribution in [1.29, 1.82) is 0 Å². The Balaban J connectivity index is 1.94. The third-order valence-electron chi connectivity index (χ3n) is 3.49. The van der Waals surface area contributed by atoms with Crippen molar-refractivity contribution in [3.63, 3.8) is 0 Å². The van der Waals surface area contributed by atoms with Gasteiger partial charge in [0.25, 0.3) is 0 Å². The minimum Gasteiger partial charge on any atom is -0.490 e. The van der Waals surface area contributed by atoms with Crippen molar-refractivity contribution in [2.24, 2.45) is 0 Å². The summed E-state index contributed by atoms with van der Waals surface area (Å²) in [4.78, 5) is 23.8. The lowest BCUT2D eigenvalue weighted by molar-refractivity contribution is -0.136. The minimum absolute atomic E-state index is 0.298. The first-order valence-electron chi connectivity index (χ1n) is 8.56. The van der Waals surface area contributed by atoms with Gasteiger partial charge in [-0.15, -0.1) is 0 Å². The van der Waals surface area contributed by atoms with Crippen molar-refractivity contribution in [3.8, 4) is 11.5 Å². The van der Waals surface area contributed by atoms with Gasteiger partial charge in [-0.05, 0) is 61.9 Å². The van der Waals surface area contributed by atoms with Crippen LogP contribution in [0.1, 0.15) is 29.8 Å². The van der Waals surface area contributed by atoms with Crippen LogP contribution in [-0.2, 0) is 9.53 Å². The highest BCUT2D eigenvalue weighted by Crippen LogP contribution is 2.29. The average molecular weight is 389 g/mol. The summed E-state index contributed by atoms with van der Waals surface area (Å²) in [6.45, 7) is 4.47. The fourth-order valence-electron chi connectivity index (χ4n) is 2.24. The lowest BCUT2D eigenvalue weighted by atomic mass is 10.1. The first-order valence-corrected chi connectivity index (χ1v) is 8.94. The van der Waals surface area contributed by atoms with Gasteiger partial charge < -0.3 is 14.2 Å². The summed E-state index contributed by atoms with van der Waals surface area (Å²) in [5, 5.41) is 0.535. The highest BCUT2D eigenvalue weighted by Gasteiger charge is 2.09. The van der Waals surface area contributed by atoms with E-state index in [1.165, 1.54) is 6.08 Å². The second kappa shape index (κ2) is 10.4. The number of carbonyl (C=O) groups excluding carboxylic acids is 2. The summed E-state index contributed by atoms with van der Waals surface area (Å²) >= 11 is 5.78. The Morgan fingerprint density at radius 1 is 0.963 bits per heavy atom. The summed E-state index contributed by atoms with van der Waals surface area (Å²) in [6, 6.07) is 11.8. The largest absolute Gasteiger partial charge is 0.490 e. The van der Waals surface area contributed by atoms with Crippen LogP contribution in [0.3, 0.4) is 0 Å². The molecule has 0 aliphatic rings. The highest BCUT2D eigenvalue weighted by atomic mass is 35.5. The Labute approximate surface area is 163 Å². The van der Waals surface area contributed by atoms with Gasteiger partial charge in [-0.3, -0.25) is 4.79 Å². The van der Waals surface area contributed by atoms with Gasteiger partial charge in [-0.25, -0.2) is 4.79 Å². The van der Waals surface area contributed by atoms with E-state index in [-0.39, 0.29) is 12.4 Å². The van der Waals surface area contributed by atoms with Crippen LogP contribution in [-0.4, -0.2) is 31.6 Å². The van der Waals surface area contributed by atoms with Gasteiger partial charge in [0, 0.05) is 16.7 Å². The van der Waals surface area contributed by atoms with E-state index in [0.29, 0.717) is 35.3 Å². The van der Waals surface area contributed by atoms with Crippen LogP contribution in [0.15, 0.2) is 48.5 Å². The summed E-state index contributed by atoms with van der Waals surface area (Å²) in [7, 11) is 0. The number of halogens is 1. The Morgan fingerprint density at radius 2 is 1.63 bits per heavy atom. The zero-order valence-corrected chi connectivity index (χ0v) is 16.0. The highest BCUT2D eigenvalue weighted by molar-refractivity contribution is 6.30. The van der Waals surface area contributed by atoms with Crippen LogP contribution in [0.2, 0.25) is 5.02 Å². The second-order valence-electron chi connectivity index (χ2n) is 5.44. The third kappa shape index (κ3) is 6.46. The number of hydrogen-bond donors (Lipinski definition) is 0. The van der Waals surface area contributed by atoms with E-state index in [2.05, 4.69) is 0 Å². The zero-order valence-electron chi connectivity index (χ0n) is 15.2. The van der Waals surface area contributed by atoms with E-state index in [1.54, 1.807) is 48.5 Å². The van der Waals surface area contributed by atoms with Crippen molar-refractivity contribution in [3.05, 3.63) is 64.7 Å². The molecule has 0 fully saturated rings. The Morgan fingerprint density at radius 3 is 2.30 bits per heavy atom. The molecule has 0 heterocycles. The van der Waals surface area contributed by atoms with Crippen molar-refractivity contribution < 1.29 is 23.8 Å². The van der Waals surface area contributed by atoms with Gasteiger partial charge in [-0.2, -0.15) is 0 Å². The molecule has 142 valence electrons. The monoisotopic (exact) mass is 388 g/mol. The molecule has 5 nitrogen and oxygen atoms in total. The Bertz CT molecular complexity index is 812. The Kier molecular flexibility index (Phi) is 7.89. The first kappa shape index (κ1) is 20.5. The normalized spacial score (nSPS) is 10.6. The molecule has 0 amide bonds. The zero-order chi connectivity index (χ0) is 19.6. The van der Waals surface area contributed by atoms with Crippen molar-refractivity contribution in [2.75, 3.05) is 19.8 Å². The summed E-state index contributed by atoms with van der Waals surface area (Å²) in [5.74, 6) is 0.345. The maximum absolute atomic E-state index is 12.0. The van der Waals surface area contributed by atoms with Crippen molar-refractivity contribution >= 4 is 29.4 Å². The van der Waals surface area contributed by atoms with Gasteiger partial charge in [0.15, 0.2) is 23.9 Å². The van der Waals surface area contributed by atoms with E-state index in [4.69, 9.17) is 25.8 Å². The van der Waals surface area contributed by atoms with E-state index < -0.39 is 5.97 Å². The molecule has 0 radical (unpaired) electrons. The van der Waals surface area contributed by atoms with E-state index in [9.17, 15) is 9.59 Å². The van der Waals surface area contributed by atoms with Gasteiger partial charge in [0.2, 0.25) is 0 Å². The molecule has 0 spiro atoms. The van der Waals surface area contributed by atoms with Crippen molar-refractivity contribution in [2.45, 2.75) is 13.8 Å². The molecule has 0 unspecified atom stereocenters. The van der Waals surface area contributed by atoms with Gasteiger partial charge in [-0.1, -0.05) is 17.7 Å². The molecule has 0 saturated carbocycles. The van der Waals surface area contributed by atoms with Crippen LogP contribution in [0.4, 0.5) is 0 Å². The van der Waals surface area contributed by atoms with E-state index in [1.807, 2.05) is 13.8 Å². The number of Topliss-reactive ketones (excluding diaryl/α,β-unsaturated/α-hetero) is 1. The van der Waals surface area contributed by atoms with Crippen LogP contribution in [0, 0.1) is 0 Å². The second-order valence-corrected chi connectivity index (χ2v) is 5.88. The average Bonchev–Trinajstić information content (AvgIpc) is 2.67. The standard InChI is InChI=1S/C21H21ClO5/c1-3-25-19-11-5-15(13-20(19)26-4-2)6-12-21(24)27-14-18(23)16-7-9-17(22)10-8-16/h5-13H,3-4,14H2,1-2H3/b12-6+. The minimum atomic E-state index is -0.607. The molecule has 2 rings (SSSR count). The molecule has 27 heavy (non-hydrogen) atoms. The Hall–Kier alpha value is -2.79. The number of rotatable bonds is 9. The molecule has 2 aromatic carbocycles. The molecule has 0 bridgehead atoms. The number of hydrogen-bond acceptors (Lipinski definition) is 5. The van der Waals surface area contributed by atoms with Crippen molar-refractivity contribution in [1.82, 2.24) is 0 Å². The molecule has 0 aromatic heterocycles. The predicted octanol–water partition coefficient (Wildman–Crippen LogP) is 4.58.